The number of rotatable bonds is 7. The third kappa shape index (κ3) is 6.21. The smallest absolute Gasteiger partial charge is 0.497 e. The van der Waals surface area contributed by atoms with Crippen LogP contribution in [0.15, 0.2) is 65.9 Å². The lowest BCUT2D eigenvalue weighted by Crippen LogP contribution is -2.19. The Morgan fingerprint density at radius 2 is 1.59 bits per heavy atom. The fourth-order valence-corrected chi connectivity index (χ4v) is 2.71. The Balaban J connectivity index is 1.70. The fraction of sp³-hybridized carbons (Fsp3) is 0.136. The number of carbonyl (C=O) groups excluding carboxylic acids is 1. The molecular formula is C22H18F3N3O4. The summed E-state index contributed by atoms with van der Waals surface area (Å²) < 4.78 is 51.1. The predicted molar refractivity (Wildman–Crippen MR) is 111 cm³/mol. The number of aromatic nitrogens is 1. The van der Waals surface area contributed by atoms with Gasteiger partial charge in [-0.25, -0.2) is 5.43 Å². The minimum atomic E-state index is -4.76. The van der Waals surface area contributed by atoms with Gasteiger partial charge in [-0.3, -0.25) is 9.78 Å². The van der Waals surface area contributed by atoms with Gasteiger partial charge in [0.05, 0.1) is 20.4 Å². The van der Waals surface area contributed by atoms with Gasteiger partial charge < -0.3 is 14.2 Å². The zero-order chi connectivity index (χ0) is 23.1. The molecule has 3 rings (SSSR count). The van der Waals surface area contributed by atoms with Gasteiger partial charge >= 0.3 is 6.36 Å². The van der Waals surface area contributed by atoms with Crippen LogP contribution in [0.5, 0.6) is 17.2 Å². The van der Waals surface area contributed by atoms with E-state index in [0.717, 1.165) is 0 Å². The average molecular weight is 445 g/mol. The predicted octanol–water partition coefficient (Wildman–Crippen LogP) is 4.43. The lowest BCUT2D eigenvalue weighted by atomic mass is 10.1. The van der Waals surface area contributed by atoms with Crippen LogP contribution in [-0.4, -0.2) is 37.7 Å². The molecule has 7 nitrogen and oxygen atoms in total. The maximum atomic E-state index is 12.4. The van der Waals surface area contributed by atoms with E-state index in [9.17, 15) is 18.0 Å². The second-order valence-electron chi connectivity index (χ2n) is 6.35. The molecule has 0 spiro atoms. The molecule has 0 aliphatic carbocycles. The van der Waals surface area contributed by atoms with Crippen molar-refractivity contribution in [2.75, 3.05) is 14.2 Å². The molecule has 1 aromatic heterocycles. The summed E-state index contributed by atoms with van der Waals surface area (Å²) in [6.45, 7) is 0. The van der Waals surface area contributed by atoms with E-state index in [4.69, 9.17) is 9.47 Å². The molecule has 0 bridgehead atoms. The van der Waals surface area contributed by atoms with E-state index in [2.05, 4.69) is 20.2 Å². The van der Waals surface area contributed by atoms with Gasteiger partial charge in [0.15, 0.2) is 0 Å². The van der Waals surface area contributed by atoms with Gasteiger partial charge in [0.2, 0.25) is 0 Å². The summed E-state index contributed by atoms with van der Waals surface area (Å²) in [5, 5.41) is 3.92. The van der Waals surface area contributed by atoms with Crippen molar-refractivity contribution in [3.8, 4) is 28.4 Å². The van der Waals surface area contributed by atoms with Crippen LogP contribution in [0.2, 0.25) is 0 Å². The highest BCUT2D eigenvalue weighted by Crippen LogP contribution is 2.26. The first-order valence-corrected chi connectivity index (χ1v) is 9.16. The summed E-state index contributed by atoms with van der Waals surface area (Å²) in [7, 11) is 3.04. The molecule has 10 heteroatoms. The third-order valence-electron chi connectivity index (χ3n) is 4.17. The maximum Gasteiger partial charge on any atom is 0.573 e. The van der Waals surface area contributed by atoms with Crippen molar-refractivity contribution in [1.82, 2.24) is 10.4 Å². The van der Waals surface area contributed by atoms with Crippen LogP contribution in [0.1, 0.15) is 16.1 Å². The zero-order valence-corrected chi connectivity index (χ0v) is 17.0. The van der Waals surface area contributed by atoms with E-state index in [1.165, 1.54) is 57.0 Å². The summed E-state index contributed by atoms with van der Waals surface area (Å²) in [6, 6.07) is 13.5. The summed E-state index contributed by atoms with van der Waals surface area (Å²) >= 11 is 0. The Morgan fingerprint density at radius 3 is 2.19 bits per heavy atom. The second-order valence-corrected chi connectivity index (χ2v) is 6.35. The molecular weight excluding hydrogens is 427 g/mol. The molecule has 0 fully saturated rings. The van der Waals surface area contributed by atoms with E-state index in [1.807, 2.05) is 0 Å². The number of hydrogen-bond donors (Lipinski definition) is 1. The number of ether oxygens (including phenoxy) is 3. The van der Waals surface area contributed by atoms with Crippen LogP contribution in [0, 0.1) is 0 Å². The number of methoxy groups -OCH3 is 2. The number of hydrazone groups is 1. The number of amides is 1. The molecule has 1 heterocycles. The van der Waals surface area contributed by atoms with Gasteiger partial charge in [-0.05, 0) is 47.5 Å². The second kappa shape index (κ2) is 9.82. The summed E-state index contributed by atoms with van der Waals surface area (Å²) in [4.78, 5) is 16.4. The van der Waals surface area contributed by atoms with E-state index in [0.29, 0.717) is 28.2 Å². The van der Waals surface area contributed by atoms with Crippen molar-refractivity contribution in [1.29, 1.82) is 0 Å². The standard InChI is InChI=1S/C22H18F3N3O4/c1-30-18-9-14(10-19(12-18)31-2)13-27-28-21(29)20-11-16(7-8-26-20)15-3-5-17(6-4-15)32-22(23,24)25/h3-13H,1-2H3,(H,28,29)/b27-13+. The Bertz CT molecular complexity index is 1090. The monoisotopic (exact) mass is 445 g/mol. The van der Waals surface area contributed by atoms with Gasteiger partial charge in [-0.2, -0.15) is 5.10 Å². The number of nitrogens with one attached hydrogen (secondary N) is 1. The molecule has 1 amide bonds. The van der Waals surface area contributed by atoms with Gasteiger partial charge in [0.25, 0.3) is 5.91 Å². The number of nitrogens with zero attached hydrogens (tertiary/aromatic N) is 2. The Labute approximate surface area is 181 Å². The van der Waals surface area contributed by atoms with Crippen molar-refractivity contribution in [2.24, 2.45) is 5.10 Å². The molecule has 0 atom stereocenters. The van der Waals surface area contributed by atoms with E-state index < -0.39 is 12.3 Å². The molecule has 0 aliphatic heterocycles. The van der Waals surface area contributed by atoms with Crippen LogP contribution in [-0.2, 0) is 0 Å². The quantitative estimate of drug-likeness (QED) is 0.430. The first kappa shape index (κ1) is 22.6. The highest BCUT2D eigenvalue weighted by atomic mass is 19.4. The summed E-state index contributed by atoms with van der Waals surface area (Å²) in [6.07, 6.45) is -1.92. The fourth-order valence-electron chi connectivity index (χ4n) is 2.71. The van der Waals surface area contributed by atoms with Crippen LogP contribution in [0.4, 0.5) is 13.2 Å². The van der Waals surface area contributed by atoms with E-state index in [-0.39, 0.29) is 11.4 Å². The van der Waals surface area contributed by atoms with Crippen LogP contribution < -0.4 is 19.6 Å². The molecule has 3 aromatic rings. The third-order valence-corrected chi connectivity index (χ3v) is 4.17. The zero-order valence-electron chi connectivity index (χ0n) is 17.0. The Morgan fingerprint density at radius 1 is 0.938 bits per heavy atom. The molecule has 32 heavy (non-hydrogen) atoms. The van der Waals surface area contributed by atoms with Gasteiger partial charge in [-0.15, -0.1) is 13.2 Å². The molecule has 0 saturated carbocycles. The first-order valence-electron chi connectivity index (χ1n) is 9.16. The normalized spacial score (nSPS) is 11.3. The minimum absolute atomic E-state index is 0.0819. The molecule has 0 aliphatic rings. The minimum Gasteiger partial charge on any atom is -0.497 e. The van der Waals surface area contributed by atoms with Crippen molar-refractivity contribution in [2.45, 2.75) is 6.36 Å². The molecule has 2 aromatic carbocycles. The molecule has 0 unspecified atom stereocenters. The number of hydrogen-bond acceptors (Lipinski definition) is 6. The van der Waals surface area contributed by atoms with Crippen molar-refractivity contribution < 1.29 is 32.2 Å². The SMILES string of the molecule is COc1cc(/C=N/NC(=O)c2cc(-c3ccc(OC(F)(F)F)cc3)ccn2)cc(OC)c1. The highest BCUT2D eigenvalue weighted by Gasteiger charge is 2.30. The Hall–Kier alpha value is -4.08. The molecule has 0 saturated heterocycles. The molecule has 166 valence electrons. The largest absolute Gasteiger partial charge is 0.573 e. The van der Waals surface area contributed by atoms with Crippen molar-refractivity contribution in [3.63, 3.8) is 0 Å². The van der Waals surface area contributed by atoms with E-state index in [1.54, 1.807) is 24.3 Å². The van der Waals surface area contributed by atoms with Crippen LogP contribution in [0.25, 0.3) is 11.1 Å². The number of carbonyl (C=O) groups is 1. The number of pyridine rings is 1. The number of benzene rings is 2. The topological polar surface area (TPSA) is 82.0 Å². The first-order chi connectivity index (χ1) is 15.3. The van der Waals surface area contributed by atoms with Crippen LogP contribution in [0.3, 0.4) is 0 Å². The summed E-state index contributed by atoms with van der Waals surface area (Å²) in [5.41, 5.74) is 4.28. The van der Waals surface area contributed by atoms with Gasteiger partial charge in [0.1, 0.15) is 22.9 Å². The summed E-state index contributed by atoms with van der Waals surface area (Å²) in [5.74, 6) is 0.239. The lowest BCUT2D eigenvalue weighted by Gasteiger charge is -2.09. The number of halogens is 3. The number of alkyl halides is 3. The molecule has 0 radical (unpaired) electrons. The van der Waals surface area contributed by atoms with Gasteiger partial charge in [-0.1, -0.05) is 12.1 Å². The molecule has 1 N–H and O–H groups in total. The van der Waals surface area contributed by atoms with Crippen molar-refractivity contribution in [3.05, 3.63) is 72.1 Å². The van der Waals surface area contributed by atoms with Crippen molar-refractivity contribution >= 4 is 12.1 Å². The average Bonchev–Trinajstić information content (AvgIpc) is 2.78. The lowest BCUT2D eigenvalue weighted by molar-refractivity contribution is -0.274. The van der Waals surface area contributed by atoms with Gasteiger partial charge in [0, 0.05) is 17.8 Å². The Kier molecular flexibility index (Phi) is 6.93. The highest BCUT2D eigenvalue weighted by molar-refractivity contribution is 5.94. The maximum absolute atomic E-state index is 12.4. The van der Waals surface area contributed by atoms with Crippen LogP contribution >= 0.6 is 0 Å². The van der Waals surface area contributed by atoms with E-state index >= 15 is 0 Å².